The molecule has 1 rings (SSSR count). The SMILES string of the molecule is Cc1cc(NN)ccc1OC(F)(F)F.Cl. The van der Waals surface area contributed by atoms with Crippen LogP contribution in [-0.4, -0.2) is 6.36 Å². The Balaban J connectivity index is 0.00000196. The Kier molecular flexibility index (Phi) is 4.70. The van der Waals surface area contributed by atoms with Crippen LogP contribution in [0.15, 0.2) is 18.2 Å². The van der Waals surface area contributed by atoms with Gasteiger partial charge in [0.2, 0.25) is 0 Å². The number of halogens is 4. The Morgan fingerprint density at radius 3 is 2.33 bits per heavy atom. The molecular weight excluding hydrogens is 233 g/mol. The first kappa shape index (κ1) is 13.9. The predicted molar refractivity (Wildman–Crippen MR) is 52.9 cm³/mol. The summed E-state index contributed by atoms with van der Waals surface area (Å²) < 4.78 is 39.3. The molecule has 0 saturated heterocycles. The van der Waals surface area contributed by atoms with Crippen LogP contribution in [-0.2, 0) is 0 Å². The summed E-state index contributed by atoms with van der Waals surface area (Å²) in [6, 6.07) is 4.06. The van der Waals surface area contributed by atoms with Gasteiger partial charge in [-0.15, -0.1) is 25.6 Å². The van der Waals surface area contributed by atoms with E-state index in [0.717, 1.165) is 0 Å². The van der Waals surface area contributed by atoms with E-state index in [1.54, 1.807) is 0 Å². The van der Waals surface area contributed by atoms with Crippen molar-refractivity contribution in [2.75, 3.05) is 5.43 Å². The molecule has 7 heteroatoms. The number of aryl methyl sites for hydroxylation is 1. The second-order valence-corrected chi connectivity index (χ2v) is 2.67. The normalized spacial score (nSPS) is 10.5. The molecule has 0 unspecified atom stereocenters. The summed E-state index contributed by atoms with van der Waals surface area (Å²) in [6.07, 6.45) is -4.66. The molecule has 0 bridgehead atoms. The highest BCUT2D eigenvalue weighted by atomic mass is 35.5. The molecule has 15 heavy (non-hydrogen) atoms. The number of nitrogens with two attached hydrogens (primary N) is 1. The van der Waals surface area contributed by atoms with Crippen LogP contribution in [0.3, 0.4) is 0 Å². The molecular formula is C8H10ClF3N2O. The number of alkyl halides is 3. The molecule has 0 atom stereocenters. The Morgan fingerprint density at radius 1 is 1.33 bits per heavy atom. The summed E-state index contributed by atoms with van der Waals surface area (Å²) >= 11 is 0. The number of rotatable bonds is 2. The third-order valence-corrected chi connectivity index (χ3v) is 1.57. The first-order valence-corrected chi connectivity index (χ1v) is 3.75. The van der Waals surface area contributed by atoms with Gasteiger partial charge in [0.05, 0.1) is 0 Å². The van der Waals surface area contributed by atoms with Gasteiger partial charge in [-0.05, 0) is 30.7 Å². The summed E-state index contributed by atoms with van der Waals surface area (Å²) in [5.41, 5.74) is 3.21. The van der Waals surface area contributed by atoms with Crippen LogP contribution in [0, 0.1) is 6.92 Å². The highest BCUT2D eigenvalue weighted by Crippen LogP contribution is 2.27. The van der Waals surface area contributed by atoms with E-state index in [4.69, 9.17) is 5.84 Å². The van der Waals surface area contributed by atoms with Crippen LogP contribution >= 0.6 is 12.4 Å². The second-order valence-electron chi connectivity index (χ2n) is 2.67. The van der Waals surface area contributed by atoms with Crippen molar-refractivity contribution in [3.8, 4) is 5.75 Å². The Hall–Kier alpha value is -1.14. The Bertz CT molecular complexity index is 330. The fourth-order valence-electron chi connectivity index (χ4n) is 0.978. The van der Waals surface area contributed by atoms with Gasteiger partial charge in [-0.25, -0.2) is 0 Å². The van der Waals surface area contributed by atoms with Crippen LogP contribution in [0.4, 0.5) is 18.9 Å². The minimum absolute atomic E-state index is 0. The molecule has 0 saturated carbocycles. The molecule has 0 aliphatic carbocycles. The first-order chi connectivity index (χ1) is 6.42. The number of benzene rings is 1. The number of hydrazine groups is 1. The maximum absolute atomic E-state index is 11.8. The fourth-order valence-corrected chi connectivity index (χ4v) is 0.978. The van der Waals surface area contributed by atoms with Crippen LogP contribution in [0.1, 0.15) is 5.56 Å². The summed E-state index contributed by atoms with van der Waals surface area (Å²) in [7, 11) is 0. The molecule has 0 spiro atoms. The number of hydrogen-bond donors (Lipinski definition) is 2. The molecule has 3 nitrogen and oxygen atoms in total. The standard InChI is InChI=1S/C8H9F3N2O.ClH/c1-5-4-6(13-12)2-3-7(5)14-8(9,10)11;/h2-4,13H,12H2,1H3;1H. The average Bonchev–Trinajstić information content (AvgIpc) is 2.06. The van der Waals surface area contributed by atoms with Gasteiger partial charge in [0.1, 0.15) is 5.75 Å². The van der Waals surface area contributed by atoms with Crippen molar-refractivity contribution in [3.05, 3.63) is 23.8 Å². The predicted octanol–water partition coefficient (Wildman–Crippen LogP) is 2.60. The largest absolute Gasteiger partial charge is 0.573 e. The minimum atomic E-state index is -4.66. The van der Waals surface area contributed by atoms with Crippen LogP contribution in [0.2, 0.25) is 0 Å². The molecule has 0 aliphatic heterocycles. The highest BCUT2D eigenvalue weighted by molar-refractivity contribution is 5.85. The lowest BCUT2D eigenvalue weighted by atomic mass is 10.2. The van der Waals surface area contributed by atoms with Gasteiger partial charge in [-0.2, -0.15) is 0 Å². The van der Waals surface area contributed by atoms with Crippen molar-refractivity contribution in [2.24, 2.45) is 5.84 Å². The second kappa shape index (κ2) is 5.09. The number of anilines is 1. The average molecular weight is 243 g/mol. The smallest absolute Gasteiger partial charge is 0.406 e. The lowest BCUT2D eigenvalue weighted by Gasteiger charge is -2.11. The fraction of sp³-hybridized carbons (Fsp3) is 0.250. The van der Waals surface area contributed by atoms with Gasteiger partial charge in [-0.1, -0.05) is 0 Å². The zero-order valence-electron chi connectivity index (χ0n) is 7.76. The number of nitrogen functional groups attached to an aromatic ring is 1. The van der Waals surface area contributed by atoms with Gasteiger partial charge < -0.3 is 10.2 Å². The zero-order chi connectivity index (χ0) is 10.8. The first-order valence-electron chi connectivity index (χ1n) is 3.75. The summed E-state index contributed by atoms with van der Waals surface area (Å²) in [6.45, 7) is 1.50. The molecule has 1 aromatic carbocycles. The number of nitrogens with one attached hydrogen (secondary N) is 1. The van der Waals surface area contributed by atoms with Crippen molar-refractivity contribution < 1.29 is 17.9 Å². The van der Waals surface area contributed by atoms with Crippen molar-refractivity contribution in [2.45, 2.75) is 13.3 Å². The quantitative estimate of drug-likeness (QED) is 0.619. The molecule has 0 aromatic heterocycles. The molecule has 0 radical (unpaired) electrons. The molecule has 0 amide bonds. The van der Waals surface area contributed by atoms with E-state index in [9.17, 15) is 13.2 Å². The van der Waals surface area contributed by atoms with Crippen molar-refractivity contribution in [1.29, 1.82) is 0 Å². The molecule has 3 N–H and O–H groups in total. The topological polar surface area (TPSA) is 47.3 Å². The summed E-state index contributed by atoms with van der Waals surface area (Å²) in [4.78, 5) is 0. The number of hydrogen-bond acceptors (Lipinski definition) is 3. The minimum Gasteiger partial charge on any atom is -0.406 e. The molecule has 86 valence electrons. The van der Waals surface area contributed by atoms with Gasteiger partial charge in [0, 0.05) is 5.69 Å². The van der Waals surface area contributed by atoms with Crippen molar-refractivity contribution in [1.82, 2.24) is 0 Å². The van der Waals surface area contributed by atoms with E-state index in [1.807, 2.05) is 0 Å². The van der Waals surface area contributed by atoms with E-state index in [-0.39, 0.29) is 18.2 Å². The van der Waals surface area contributed by atoms with Crippen LogP contribution in [0.25, 0.3) is 0 Å². The van der Waals surface area contributed by atoms with Gasteiger partial charge >= 0.3 is 6.36 Å². The van der Waals surface area contributed by atoms with Gasteiger partial charge in [0.15, 0.2) is 0 Å². The molecule has 1 aromatic rings. The third kappa shape index (κ3) is 4.26. The van der Waals surface area contributed by atoms with Crippen LogP contribution < -0.4 is 16.0 Å². The van der Waals surface area contributed by atoms with Gasteiger partial charge in [-0.3, -0.25) is 5.84 Å². The maximum atomic E-state index is 11.8. The third-order valence-electron chi connectivity index (χ3n) is 1.57. The maximum Gasteiger partial charge on any atom is 0.573 e. The van der Waals surface area contributed by atoms with E-state index >= 15 is 0 Å². The Morgan fingerprint density at radius 2 is 1.93 bits per heavy atom. The zero-order valence-corrected chi connectivity index (χ0v) is 8.58. The molecule has 0 heterocycles. The Labute approximate surface area is 90.8 Å². The van der Waals surface area contributed by atoms with E-state index in [0.29, 0.717) is 11.3 Å². The van der Waals surface area contributed by atoms with E-state index in [1.165, 1.54) is 25.1 Å². The van der Waals surface area contributed by atoms with E-state index < -0.39 is 6.36 Å². The number of ether oxygens (including phenoxy) is 1. The lowest BCUT2D eigenvalue weighted by molar-refractivity contribution is -0.274. The van der Waals surface area contributed by atoms with Crippen molar-refractivity contribution >= 4 is 18.1 Å². The lowest BCUT2D eigenvalue weighted by Crippen LogP contribution is -2.18. The summed E-state index contributed by atoms with van der Waals surface area (Å²) in [5.74, 6) is 4.86. The van der Waals surface area contributed by atoms with Crippen molar-refractivity contribution in [3.63, 3.8) is 0 Å². The monoisotopic (exact) mass is 242 g/mol. The highest BCUT2D eigenvalue weighted by Gasteiger charge is 2.31. The van der Waals surface area contributed by atoms with Gasteiger partial charge in [0.25, 0.3) is 0 Å². The van der Waals surface area contributed by atoms with E-state index in [2.05, 4.69) is 10.2 Å². The van der Waals surface area contributed by atoms with Crippen LogP contribution in [0.5, 0.6) is 5.75 Å². The molecule has 0 aliphatic rings. The summed E-state index contributed by atoms with van der Waals surface area (Å²) in [5, 5.41) is 0. The molecule has 0 fully saturated rings.